The minimum atomic E-state index is -0.310. The van der Waals surface area contributed by atoms with Crippen LogP contribution in [0.25, 0.3) is 0 Å². The number of nitrogens with two attached hydrogens (primary N) is 1. The maximum Gasteiger partial charge on any atom is 0.255 e. The Hall–Kier alpha value is -2.24. The fourth-order valence-corrected chi connectivity index (χ4v) is 1.50. The maximum absolute atomic E-state index is 12.0. The number of benzene rings is 1. The van der Waals surface area contributed by atoms with Crippen LogP contribution >= 0.6 is 0 Å². The molecule has 0 radical (unpaired) electrons. The molecule has 0 fully saturated rings. The average Bonchev–Trinajstić information content (AvgIpc) is 2.38. The summed E-state index contributed by atoms with van der Waals surface area (Å²) >= 11 is 0. The van der Waals surface area contributed by atoms with E-state index in [2.05, 4.69) is 5.32 Å². The first-order valence-corrected chi connectivity index (χ1v) is 5.87. The van der Waals surface area contributed by atoms with Gasteiger partial charge in [-0.2, -0.15) is 0 Å². The van der Waals surface area contributed by atoms with Crippen molar-refractivity contribution in [2.24, 2.45) is 0 Å². The van der Waals surface area contributed by atoms with Gasteiger partial charge in [0.15, 0.2) is 0 Å². The van der Waals surface area contributed by atoms with E-state index in [1.54, 1.807) is 32.3 Å². The van der Waals surface area contributed by atoms with E-state index in [9.17, 15) is 9.59 Å². The molecule has 19 heavy (non-hydrogen) atoms. The van der Waals surface area contributed by atoms with Gasteiger partial charge in [0.2, 0.25) is 5.91 Å². The number of hydrogen-bond acceptors (Lipinski definition) is 4. The Bertz CT molecular complexity index is 472. The van der Waals surface area contributed by atoms with Gasteiger partial charge in [0.05, 0.1) is 12.7 Å². The lowest BCUT2D eigenvalue weighted by Crippen LogP contribution is -2.30. The first-order valence-electron chi connectivity index (χ1n) is 5.87. The monoisotopic (exact) mass is 265 g/mol. The summed E-state index contributed by atoms with van der Waals surface area (Å²) in [6, 6.07) is 4.84. The lowest BCUT2D eigenvalue weighted by atomic mass is 10.1. The van der Waals surface area contributed by atoms with E-state index in [0.717, 1.165) is 0 Å². The van der Waals surface area contributed by atoms with Crippen LogP contribution in [0.1, 0.15) is 16.8 Å². The number of anilines is 1. The summed E-state index contributed by atoms with van der Waals surface area (Å²) in [4.78, 5) is 24.8. The first-order chi connectivity index (χ1) is 8.95. The minimum Gasteiger partial charge on any atom is -0.496 e. The number of amides is 2. The molecule has 0 bridgehead atoms. The number of ether oxygens (including phenoxy) is 1. The predicted molar refractivity (Wildman–Crippen MR) is 73.1 cm³/mol. The number of methoxy groups -OCH3 is 1. The zero-order valence-corrected chi connectivity index (χ0v) is 11.4. The summed E-state index contributed by atoms with van der Waals surface area (Å²) in [5, 5.41) is 2.66. The molecule has 0 heterocycles. The zero-order valence-electron chi connectivity index (χ0n) is 11.4. The molecule has 1 aromatic carbocycles. The number of nitrogen functional groups attached to an aromatic ring is 1. The molecular weight excluding hydrogens is 246 g/mol. The van der Waals surface area contributed by atoms with Gasteiger partial charge in [0, 0.05) is 32.7 Å². The third-order valence-corrected chi connectivity index (χ3v) is 2.59. The van der Waals surface area contributed by atoms with Gasteiger partial charge in [0.25, 0.3) is 5.91 Å². The van der Waals surface area contributed by atoms with Crippen molar-refractivity contribution in [3.63, 3.8) is 0 Å². The molecule has 1 aromatic rings. The van der Waals surface area contributed by atoms with Crippen molar-refractivity contribution in [3.8, 4) is 5.75 Å². The smallest absolute Gasteiger partial charge is 0.255 e. The second kappa shape index (κ2) is 6.63. The SMILES string of the molecule is COc1ccc(N)cc1C(=O)NCCC(=O)N(C)C. The Kier molecular flexibility index (Phi) is 5.17. The van der Waals surface area contributed by atoms with Crippen LogP contribution in [0, 0.1) is 0 Å². The number of rotatable bonds is 5. The molecule has 0 aliphatic rings. The van der Waals surface area contributed by atoms with Gasteiger partial charge < -0.3 is 20.7 Å². The van der Waals surface area contributed by atoms with Crippen LogP contribution in [0.3, 0.4) is 0 Å². The normalized spacial score (nSPS) is 9.84. The Morgan fingerprint density at radius 3 is 2.63 bits per heavy atom. The molecule has 0 aromatic heterocycles. The Balaban J connectivity index is 2.63. The van der Waals surface area contributed by atoms with Crippen LogP contribution in [-0.2, 0) is 4.79 Å². The Morgan fingerprint density at radius 1 is 1.37 bits per heavy atom. The Labute approximate surface area is 112 Å². The van der Waals surface area contributed by atoms with E-state index in [-0.39, 0.29) is 24.8 Å². The quantitative estimate of drug-likeness (QED) is 0.759. The summed E-state index contributed by atoms with van der Waals surface area (Å²) in [5.41, 5.74) is 6.48. The van der Waals surface area contributed by atoms with E-state index in [0.29, 0.717) is 17.0 Å². The topological polar surface area (TPSA) is 84.7 Å². The van der Waals surface area contributed by atoms with Crippen molar-refractivity contribution >= 4 is 17.5 Å². The average molecular weight is 265 g/mol. The highest BCUT2D eigenvalue weighted by Gasteiger charge is 2.13. The molecule has 0 saturated carbocycles. The highest BCUT2D eigenvalue weighted by Crippen LogP contribution is 2.20. The first kappa shape index (κ1) is 14.8. The van der Waals surface area contributed by atoms with E-state index < -0.39 is 0 Å². The van der Waals surface area contributed by atoms with Gasteiger partial charge in [-0.15, -0.1) is 0 Å². The summed E-state index contributed by atoms with van der Waals surface area (Å²) in [6.07, 6.45) is 0.253. The van der Waals surface area contributed by atoms with Gasteiger partial charge in [-0.3, -0.25) is 9.59 Å². The van der Waals surface area contributed by atoms with Crippen LogP contribution in [0.5, 0.6) is 5.75 Å². The van der Waals surface area contributed by atoms with E-state index in [4.69, 9.17) is 10.5 Å². The molecule has 104 valence electrons. The van der Waals surface area contributed by atoms with Crippen molar-refractivity contribution in [1.82, 2.24) is 10.2 Å². The summed E-state index contributed by atoms with van der Waals surface area (Å²) in [5.74, 6) is 0.0983. The highest BCUT2D eigenvalue weighted by atomic mass is 16.5. The Morgan fingerprint density at radius 2 is 2.05 bits per heavy atom. The van der Waals surface area contributed by atoms with Gasteiger partial charge in [-0.25, -0.2) is 0 Å². The van der Waals surface area contributed by atoms with Crippen LogP contribution in [0.4, 0.5) is 5.69 Å². The third kappa shape index (κ3) is 4.17. The van der Waals surface area contributed by atoms with Crippen LogP contribution in [0.15, 0.2) is 18.2 Å². The van der Waals surface area contributed by atoms with Crippen molar-refractivity contribution in [2.45, 2.75) is 6.42 Å². The number of hydrogen-bond donors (Lipinski definition) is 2. The number of carbonyl (C=O) groups excluding carboxylic acids is 2. The van der Waals surface area contributed by atoms with Crippen LogP contribution in [-0.4, -0.2) is 44.5 Å². The molecule has 0 saturated heterocycles. The van der Waals surface area contributed by atoms with Gasteiger partial charge in [0.1, 0.15) is 5.75 Å². The van der Waals surface area contributed by atoms with Crippen LogP contribution in [0.2, 0.25) is 0 Å². The summed E-state index contributed by atoms with van der Waals surface area (Å²) in [6.45, 7) is 0.272. The predicted octanol–water partition coefficient (Wildman–Crippen LogP) is 0.486. The lowest BCUT2D eigenvalue weighted by Gasteiger charge is -2.12. The molecule has 0 aliphatic heterocycles. The van der Waals surface area contributed by atoms with Gasteiger partial charge in [-0.1, -0.05) is 0 Å². The summed E-state index contributed by atoms with van der Waals surface area (Å²) in [7, 11) is 4.83. The lowest BCUT2D eigenvalue weighted by molar-refractivity contribution is -0.128. The molecule has 6 nitrogen and oxygen atoms in total. The van der Waals surface area contributed by atoms with Crippen molar-refractivity contribution < 1.29 is 14.3 Å². The molecule has 0 unspecified atom stereocenters. The second-order valence-corrected chi connectivity index (χ2v) is 4.25. The molecule has 0 spiro atoms. The van der Waals surface area contributed by atoms with E-state index in [1.807, 2.05) is 0 Å². The maximum atomic E-state index is 12.0. The zero-order chi connectivity index (χ0) is 14.4. The molecule has 0 aliphatic carbocycles. The number of nitrogens with one attached hydrogen (secondary N) is 1. The molecule has 0 atom stereocenters. The van der Waals surface area contributed by atoms with Gasteiger partial charge >= 0.3 is 0 Å². The van der Waals surface area contributed by atoms with Crippen molar-refractivity contribution in [3.05, 3.63) is 23.8 Å². The second-order valence-electron chi connectivity index (χ2n) is 4.25. The number of carbonyl (C=O) groups is 2. The van der Waals surface area contributed by atoms with E-state index in [1.165, 1.54) is 12.0 Å². The van der Waals surface area contributed by atoms with Crippen molar-refractivity contribution in [2.75, 3.05) is 33.5 Å². The molecule has 3 N–H and O–H groups in total. The third-order valence-electron chi connectivity index (χ3n) is 2.59. The highest BCUT2D eigenvalue weighted by molar-refractivity contribution is 5.98. The van der Waals surface area contributed by atoms with Gasteiger partial charge in [-0.05, 0) is 18.2 Å². The van der Waals surface area contributed by atoms with Crippen molar-refractivity contribution in [1.29, 1.82) is 0 Å². The molecule has 1 rings (SSSR count). The molecule has 2 amide bonds. The largest absolute Gasteiger partial charge is 0.496 e. The van der Waals surface area contributed by atoms with E-state index >= 15 is 0 Å². The summed E-state index contributed by atoms with van der Waals surface area (Å²) < 4.78 is 5.10. The van der Waals surface area contributed by atoms with Crippen LogP contribution < -0.4 is 15.8 Å². The standard InChI is InChI=1S/C13H19N3O3/c1-16(2)12(17)6-7-15-13(18)10-8-9(14)4-5-11(10)19-3/h4-5,8H,6-7,14H2,1-3H3,(H,15,18). The number of nitrogens with zero attached hydrogens (tertiary/aromatic N) is 1. The fourth-order valence-electron chi connectivity index (χ4n) is 1.50. The molecule has 6 heteroatoms. The minimum absolute atomic E-state index is 0.0418. The molecular formula is C13H19N3O3. The fraction of sp³-hybridized carbons (Fsp3) is 0.385.